The molecule has 10 heteroatoms. The molecular formula is C33H33N7O3. The van der Waals surface area contributed by atoms with Crippen molar-refractivity contribution in [1.82, 2.24) is 24.1 Å². The average Bonchev–Trinajstić information content (AvgIpc) is 3.68. The molecule has 3 aromatic heterocycles. The smallest absolute Gasteiger partial charge is 0.248 e. The molecule has 0 aliphatic rings. The van der Waals surface area contributed by atoms with Gasteiger partial charge in [0.25, 0.3) is 0 Å². The predicted molar refractivity (Wildman–Crippen MR) is 166 cm³/mol. The van der Waals surface area contributed by atoms with Crippen molar-refractivity contribution in [2.45, 2.75) is 19.6 Å². The number of pyridine rings is 1. The van der Waals surface area contributed by atoms with Gasteiger partial charge in [0.15, 0.2) is 0 Å². The van der Waals surface area contributed by atoms with Gasteiger partial charge in [-0.25, -0.2) is 9.67 Å². The molecule has 0 spiro atoms. The molecule has 6 rings (SSSR count). The van der Waals surface area contributed by atoms with Crippen LogP contribution in [0.5, 0.6) is 17.2 Å². The number of hydrogen-bond donors (Lipinski definition) is 1. The van der Waals surface area contributed by atoms with Gasteiger partial charge < -0.3 is 28.8 Å². The summed E-state index contributed by atoms with van der Waals surface area (Å²) in [4.78, 5) is 11.6. The number of fused-ring (bicyclic) bond motifs is 1. The van der Waals surface area contributed by atoms with Gasteiger partial charge in [0.1, 0.15) is 22.9 Å². The fourth-order valence-corrected chi connectivity index (χ4v) is 4.85. The van der Waals surface area contributed by atoms with Crippen LogP contribution >= 0.6 is 0 Å². The van der Waals surface area contributed by atoms with Gasteiger partial charge in [0.2, 0.25) is 11.9 Å². The molecule has 0 saturated heterocycles. The Hall–Kier alpha value is -5.51. The largest absolute Gasteiger partial charge is 0.497 e. The summed E-state index contributed by atoms with van der Waals surface area (Å²) in [5.41, 5.74) is 5.04. The lowest BCUT2D eigenvalue weighted by molar-refractivity contribution is 0.414. The van der Waals surface area contributed by atoms with E-state index in [0.717, 1.165) is 51.2 Å². The topological polar surface area (TPSA) is 91.0 Å². The molecule has 0 bridgehead atoms. The van der Waals surface area contributed by atoms with Crippen molar-refractivity contribution in [2.24, 2.45) is 0 Å². The van der Waals surface area contributed by atoms with Crippen molar-refractivity contribution in [2.75, 3.05) is 31.5 Å². The van der Waals surface area contributed by atoms with Gasteiger partial charge in [0.05, 0.1) is 33.6 Å². The minimum atomic E-state index is 0.498. The molecule has 0 aliphatic heterocycles. The second kappa shape index (κ2) is 12.6. The summed E-state index contributed by atoms with van der Waals surface area (Å²) in [5, 5.41) is 8.32. The first kappa shape index (κ1) is 27.6. The highest BCUT2D eigenvalue weighted by Gasteiger charge is 2.19. The molecule has 0 radical (unpaired) electrons. The Balaban J connectivity index is 1.38. The number of hydrogen-bond acceptors (Lipinski definition) is 8. The molecule has 10 nitrogen and oxygen atoms in total. The Bertz CT molecular complexity index is 1730. The van der Waals surface area contributed by atoms with E-state index in [1.54, 1.807) is 27.5 Å². The number of rotatable bonds is 12. The average molecular weight is 576 g/mol. The third-order valence-electron chi connectivity index (χ3n) is 7.14. The van der Waals surface area contributed by atoms with E-state index in [1.807, 2.05) is 82.1 Å². The second-order valence-corrected chi connectivity index (χ2v) is 10.0. The first-order valence-corrected chi connectivity index (χ1v) is 13.9. The Kier molecular flexibility index (Phi) is 8.08. The molecule has 0 atom stereocenters. The molecule has 0 aliphatic carbocycles. The van der Waals surface area contributed by atoms with Crippen molar-refractivity contribution in [3.63, 3.8) is 0 Å². The van der Waals surface area contributed by atoms with Crippen molar-refractivity contribution < 1.29 is 14.2 Å². The third kappa shape index (κ3) is 6.54. The highest BCUT2D eigenvalue weighted by atomic mass is 16.5. The lowest BCUT2D eigenvalue weighted by Gasteiger charge is -2.24. The van der Waals surface area contributed by atoms with Crippen LogP contribution in [-0.4, -0.2) is 45.5 Å². The zero-order valence-electron chi connectivity index (χ0n) is 24.3. The van der Waals surface area contributed by atoms with Crippen LogP contribution in [0.2, 0.25) is 0 Å². The number of imidazole rings is 1. The lowest BCUT2D eigenvalue weighted by atomic mass is 10.1. The van der Waals surface area contributed by atoms with Crippen LogP contribution in [0.15, 0.2) is 104 Å². The quantitative estimate of drug-likeness (QED) is 0.191. The van der Waals surface area contributed by atoms with E-state index in [0.29, 0.717) is 25.6 Å². The molecule has 1 N–H and O–H groups in total. The lowest BCUT2D eigenvalue weighted by Crippen LogP contribution is -2.26. The highest BCUT2D eigenvalue weighted by Crippen LogP contribution is 2.25. The summed E-state index contributed by atoms with van der Waals surface area (Å²) >= 11 is 0. The number of ether oxygens (including phenoxy) is 3. The van der Waals surface area contributed by atoms with E-state index in [4.69, 9.17) is 24.3 Å². The molecule has 0 unspecified atom stereocenters. The molecule has 0 amide bonds. The Morgan fingerprint density at radius 2 is 1.26 bits per heavy atom. The summed E-state index contributed by atoms with van der Waals surface area (Å²) in [6.45, 7) is 1.74. The minimum Gasteiger partial charge on any atom is -0.497 e. The molecule has 43 heavy (non-hydrogen) atoms. The molecule has 0 fully saturated rings. The number of anilines is 3. The normalized spacial score (nSPS) is 11.0. The standard InChI is InChI=1S/C33H33N7O3/c1-41-28-11-4-24(5-12-28)20-39(21-25-6-13-29(42-2)14-7-25)33-36-32(35-27-10-17-31-34-18-19-38(31)23-27)37-40(33)22-26-8-15-30(43-3)16-9-26/h4-19,23H,20-22H2,1-3H3,(H,35,37). The first-order chi connectivity index (χ1) is 21.1. The number of nitrogens with one attached hydrogen (secondary N) is 1. The Morgan fingerprint density at radius 1 is 0.698 bits per heavy atom. The molecule has 0 saturated carbocycles. The van der Waals surface area contributed by atoms with Gasteiger partial charge in [-0.15, -0.1) is 5.10 Å². The van der Waals surface area contributed by atoms with Crippen LogP contribution < -0.4 is 24.4 Å². The summed E-state index contributed by atoms with van der Waals surface area (Å²) < 4.78 is 20.0. The van der Waals surface area contributed by atoms with Crippen LogP contribution in [0.4, 0.5) is 17.6 Å². The van der Waals surface area contributed by atoms with E-state index in [9.17, 15) is 0 Å². The summed E-state index contributed by atoms with van der Waals surface area (Å²) in [7, 11) is 5.01. The van der Waals surface area contributed by atoms with Gasteiger partial charge in [0, 0.05) is 31.7 Å². The van der Waals surface area contributed by atoms with Crippen LogP contribution in [0.3, 0.4) is 0 Å². The number of benzene rings is 3. The van der Waals surface area contributed by atoms with E-state index in [1.165, 1.54) is 0 Å². The van der Waals surface area contributed by atoms with Gasteiger partial charge in [-0.3, -0.25) is 0 Å². The fraction of sp³-hybridized carbons (Fsp3) is 0.182. The maximum atomic E-state index is 5.39. The molecule has 3 heterocycles. The van der Waals surface area contributed by atoms with Crippen molar-refractivity contribution in [3.05, 3.63) is 120 Å². The third-order valence-corrected chi connectivity index (χ3v) is 7.14. The molecule has 3 aromatic carbocycles. The van der Waals surface area contributed by atoms with Gasteiger partial charge in [-0.1, -0.05) is 36.4 Å². The SMILES string of the molecule is COc1ccc(CN(Cc2ccc(OC)cc2)c2nc(Nc3ccc4nccn4c3)nn2Cc2ccc(OC)cc2)cc1. The van der Waals surface area contributed by atoms with Crippen LogP contribution in [0.1, 0.15) is 16.7 Å². The highest BCUT2D eigenvalue weighted by molar-refractivity contribution is 5.57. The minimum absolute atomic E-state index is 0.498. The van der Waals surface area contributed by atoms with Crippen molar-refractivity contribution >= 4 is 23.2 Å². The number of aromatic nitrogens is 5. The maximum Gasteiger partial charge on any atom is 0.248 e. The maximum absolute atomic E-state index is 5.39. The zero-order valence-corrected chi connectivity index (χ0v) is 24.3. The molecular weight excluding hydrogens is 542 g/mol. The Labute approximate surface area is 250 Å². The second-order valence-electron chi connectivity index (χ2n) is 10.0. The predicted octanol–water partition coefficient (Wildman–Crippen LogP) is 5.95. The van der Waals surface area contributed by atoms with Crippen LogP contribution in [0, 0.1) is 0 Å². The summed E-state index contributed by atoms with van der Waals surface area (Å²) in [6.07, 6.45) is 5.65. The number of methoxy groups -OCH3 is 3. The van der Waals surface area contributed by atoms with Gasteiger partial charge in [-0.2, -0.15) is 4.98 Å². The van der Waals surface area contributed by atoms with E-state index in [-0.39, 0.29) is 0 Å². The Morgan fingerprint density at radius 3 is 1.81 bits per heavy atom. The van der Waals surface area contributed by atoms with Crippen molar-refractivity contribution in [1.29, 1.82) is 0 Å². The molecule has 218 valence electrons. The fourth-order valence-electron chi connectivity index (χ4n) is 4.85. The van der Waals surface area contributed by atoms with Crippen LogP contribution in [-0.2, 0) is 19.6 Å². The van der Waals surface area contributed by atoms with Crippen molar-refractivity contribution in [3.8, 4) is 17.2 Å². The van der Waals surface area contributed by atoms with Crippen LogP contribution in [0.25, 0.3) is 5.65 Å². The molecule has 6 aromatic rings. The number of nitrogens with zero attached hydrogens (tertiary/aromatic N) is 6. The monoisotopic (exact) mass is 575 g/mol. The first-order valence-electron chi connectivity index (χ1n) is 13.9. The summed E-state index contributed by atoms with van der Waals surface area (Å²) in [6, 6.07) is 28.1. The van der Waals surface area contributed by atoms with E-state index in [2.05, 4.69) is 39.5 Å². The zero-order chi connectivity index (χ0) is 29.6. The summed E-state index contributed by atoms with van der Waals surface area (Å²) in [5.74, 6) is 3.66. The van der Waals surface area contributed by atoms with Gasteiger partial charge in [-0.05, 0) is 65.2 Å². The van der Waals surface area contributed by atoms with E-state index < -0.39 is 0 Å². The van der Waals surface area contributed by atoms with E-state index >= 15 is 0 Å². The van der Waals surface area contributed by atoms with Gasteiger partial charge >= 0.3 is 0 Å².